The highest BCUT2D eigenvalue weighted by atomic mass is 16.5. The van der Waals surface area contributed by atoms with Gasteiger partial charge in [0, 0.05) is 17.5 Å². The molecular formula is C11H13N3O2. The van der Waals surface area contributed by atoms with E-state index in [1.165, 1.54) is 0 Å². The number of amides is 1. The minimum absolute atomic E-state index is 0.185. The molecule has 0 bridgehead atoms. The molecule has 0 aromatic carbocycles. The van der Waals surface area contributed by atoms with Crippen LogP contribution >= 0.6 is 0 Å². The highest BCUT2D eigenvalue weighted by Crippen LogP contribution is 2.13. The molecular weight excluding hydrogens is 206 g/mol. The number of H-pyrrole nitrogens is 1. The number of anilines is 1. The molecule has 2 rings (SSSR count). The Morgan fingerprint density at radius 2 is 2.12 bits per heavy atom. The van der Waals surface area contributed by atoms with Crippen LogP contribution in [0.15, 0.2) is 16.7 Å². The summed E-state index contributed by atoms with van der Waals surface area (Å²) in [5.74, 6) is 0.910. The van der Waals surface area contributed by atoms with Crippen LogP contribution in [-0.2, 0) is 0 Å². The first-order valence-electron chi connectivity index (χ1n) is 4.97. The first-order chi connectivity index (χ1) is 7.56. The van der Waals surface area contributed by atoms with Crippen molar-refractivity contribution in [3.8, 4) is 0 Å². The number of aromatic amines is 1. The molecule has 5 heteroatoms. The van der Waals surface area contributed by atoms with Gasteiger partial charge in [-0.25, -0.2) is 0 Å². The molecule has 0 saturated carbocycles. The molecule has 0 atom stereocenters. The largest absolute Gasteiger partial charge is 0.362 e. The van der Waals surface area contributed by atoms with Crippen LogP contribution in [0.25, 0.3) is 0 Å². The smallest absolute Gasteiger partial charge is 0.258 e. The lowest BCUT2D eigenvalue weighted by molar-refractivity contribution is 0.102. The first kappa shape index (κ1) is 10.5. The van der Waals surface area contributed by atoms with Gasteiger partial charge in [-0.1, -0.05) is 5.16 Å². The van der Waals surface area contributed by atoms with Crippen LogP contribution in [-0.4, -0.2) is 16.0 Å². The maximum atomic E-state index is 11.8. The van der Waals surface area contributed by atoms with Crippen LogP contribution < -0.4 is 5.32 Å². The summed E-state index contributed by atoms with van der Waals surface area (Å²) in [7, 11) is 0. The lowest BCUT2D eigenvalue weighted by Gasteiger charge is -1.99. The van der Waals surface area contributed by atoms with Gasteiger partial charge in [0.15, 0.2) is 5.82 Å². The molecule has 0 spiro atoms. The fourth-order valence-electron chi connectivity index (χ4n) is 1.57. The number of carbonyl (C=O) groups excluding carboxylic acids is 1. The second kappa shape index (κ2) is 3.84. The SMILES string of the molecule is Cc1cc(C(=O)Nc2cc(C)on2)c(C)[nH]1. The minimum atomic E-state index is -0.185. The van der Waals surface area contributed by atoms with Gasteiger partial charge in [-0.3, -0.25) is 4.79 Å². The van der Waals surface area contributed by atoms with Crippen LogP contribution in [0, 0.1) is 20.8 Å². The normalized spacial score (nSPS) is 10.4. The molecule has 0 aliphatic heterocycles. The molecule has 1 amide bonds. The second-order valence-electron chi connectivity index (χ2n) is 3.77. The summed E-state index contributed by atoms with van der Waals surface area (Å²) in [6.45, 7) is 5.54. The molecule has 2 heterocycles. The van der Waals surface area contributed by atoms with E-state index in [9.17, 15) is 4.79 Å². The Morgan fingerprint density at radius 1 is 1.38 bits per heavy atom. The van der Waals surface area contributed by atoms with Crippen molar-refractivity contribution >= 4 is 11.7 Å². The molecule has 5 nitrogen and oxygen atoms in total. The van der Waals surface area contributed by atoms with Crippen LogP contribution in [0.5, 0.6) is 0 Å². The van der Waals surface area contributed by atoms with Gasteiger partial charge in [0.05, 0.1) is 5.56 Å². The molecule has 16 heavy (non-hydrogen) atoms. The van der Waals surface area contributed by atoms with E-state index in [0.717, 1.165) is 11.4 Å². The van der Waals surface area contributed by atoms with Crippen LogP contribution in [0.4, 0.5) is 5.82 Å². The zero-order chi connectivity index (χ0) is 11.7. The van der Waals surface area contributed by atoms with Crippen molar-refractivity contribution in [3.05, 3.63) is 34.8 Å². The third-order valence-corrected chi connectivity index (χ3v) is 2.26. The summed E-state index contributed by atoms with van der Waals surface area (Å²) >= 11 is 0. The van der Waals surface area contributed by atoms with Gasteiger partial charge < -0.3 is 14.8 Å². The van der Waals surface area contributed by atoms with Crippen molar-refractivity contribution < 1.29 is 9.32 Å². The molecule has 0 fully saturated rings. The highest BCUT2D eigenvalue weighted by molar-refractivity contribution is 6.04. The van der Waals surface area contributed by atoms with E-state index in [1.54, 1.807) is 19.1 Å². The molecule has 0 aliphatic carbocycles. The quantitative estimate of drug-likeness (QED) is 0.813. The van der Waals surface area contributed by atoms with Crippen molar-refractivity contribution in [2.45, 2.75) is 20.8 Å². The van der Waals surface area contributed by atoms with Crippen LogP contribution in [0.1, 0.15) is 27.5 Å². The maximum Gasteiger partial charge on any atom is 0.258 e. The van der Waals surface area contributed by atoms with Gasteiger partial charge in [-0.05, 0) is 26.8 Å². The van der Waals surface area contributed by atoms with Gasteiger partial charge in [-0.15, -0.1) is 0 Å². The summed E-state index contributed by atoms with van der Waals surface area (Å²) in [6, 6.07) is 3.48. The third-order valence-electron chi connectivity index (χ3n) is 2.26. The van der Waals surface area contributed by atoms with Gasteiger partial charge in [0.25, 0.3) is 5.91 Å². The number of carbonyl (C=O) groups is 1. The summed E-state index contributed by atoms with van der Waals surface area (Å²) in [4.78, 5) is 14.9. The lowest BCUT2D eigenvalue weighted by atomic mass is 10.2. The monoisotopic (exact) mass is 219 g/mol. The molecule has 2 N–H and O–H groups in total. The summed E-state index contributed by atoms with van der Waals surface area (Å²) in [5, 5.41) is 6.37. The fourth-order valence-corrected chi connectivity index (χ4v) is 1.57. The number of aromatic nitrogens is 2. The second-order valence-corrected chi connectivity index (χ2v) is 3.77. The molecule has 0 radical (unpaired) electrons. The van der Waals surface area contributed by atoms with E-state index in [4.69, 9.17) is 4.52 Å². The van der Waals surface area contributed by atoms with E-state index in [2.05, 4.69) is 15.5 Å². The van der Waals surface area contributed by atoms with Crippen LogP contribution in [0.2, 0.25) is 0 Å². The van der Waals surface area contributed by atoms with E-state index in [-0.39, 0.29) is 5.91 Å². The maximum absolute atomic E-state index is 11.8. The zero-order valence-corrected chi connectivity index (χ0v) is 9.42. The van der Waals surface area contributed by atoms with E-state index in [1.807, 2.05) is 13.8 Å². The number of hydrogen-bond donors (Lipinski definition) is 2. The average molecular weight is 219 g/mol. The van der Waals surface area contributed by atoms with E-state index in [0.29, 0.717) is 17.1 Å². The standard InChI is InChI=1S/C11H13N3O2/c1-6-4-9(8(3)12-6)11(15)13-10-5-7(2)16-14-10/h4-5,12H,1-3H3,(H,13,14,15). The van der Waals surface area contributed by atoms with Crippen molar-refractivity contribution in [2.75, 3.05) is 5.32 Å². The lowest BCUT2D eigenvalue weighted by Crippen LogP contribution is -2.12. The summed E-state index contributed by atoms with van der Waals surface area (Å²) < 4.78 is 4.86. The van der Waals surface area contributed by atoms with E-state index >= 15 is 0 Å². The Kier molecular flexibility index (Phi) is 2.52. The topological polar surface area (TPSA) is 70.9 Å². The van der Waals surface area contributed by atoms with Gasteiger partial charge >= 0.3 is 0 Å². The van der Waals surface area contributed by atoms with Crippen LogP contribution in [0.3, 0.4) is 0 Å². The molecule has 0 aliphatic rings. The Morgan fingerprint density at radius 3 is 2.62 bits per heavy atom. The minimum Gasteiger partial charge on any atom is -0.362 e. The average Bonchev–Trinajstić information content (AvgIpc) is 2.73. The van der Waals surface area contributed by atoms with Crippen molar-refractivity contribution in [1.29, 1.82) is 0 Å². The Labute approximate surface area is 92.8 Å². The molecule has 0 unspecified atom stereocenters. The van der Waals surface area contributed by atoms with Crippen molar-refractivity contribution in [1.82, 2.24) is 10.1 Å². The van der Waals surface area contributed by atoms with Crippen molar-refractivity contribution in [2.24, 2.45) is 0 Å². The molecule has 2 aromatic rings. The highest BCUT2D eigenvalue weighted by Gasteiger charge is 2.13. The molecule has 2 aromatic heterocycles. The third kappa shape index (κ3) is 1.98. The number of rotatable bonds is 2. The van der Waals surface area contributed by atoms with Crippen molar-refractivity contribution in [3.63, 3.8) is 0 Å². The Balaban J connectivity index is 2.17. The number of nitrogens with one attached hydrogen (secondary N) is 2. The van der Waals surface area contributed by atoms with E-state index < -0.39 is 0 Å². The summed E-state index contributed by atoms with van der Waals surface area (Å²) in [6.07, 6.45) is 0. The summed E-state index contributed by atoms with van der Waals surface area (Å²) in [5.41, 5.74) is 2.42. The zero-order valence-electron chi connectivity index (χ0n) is 9.42. The van der Waals surface area contributed by atoms with Gasteiger partial charge in [-0.2, -0.15) is 0 Å². The Bertz CT molecular complexity index is 525. The Hall–Kier alpha value is -2.04. The predicted octanol–water partition coefficient (Wildman–Crippen LogP) is 2.18. The molecule has 84 valence electrons. The number of aryl methyl sites for hydroxylation is 3. The fraction of sp³-hybridized carbons (Fsp3) is 0.273. The van der Waals surface area contributed by atoms with Gasteiger partial charge in [0.2, 0.25) is 0 Å². The number of nitrogens with zero attached hydrogens (tertiary/aromatic N) is 1. The predicted molar refractivity (Wildman–Crippen MR) is 59.5 cm³/mol. The van der Waals surface area contributed by atoms with Gasteiger partial charge in [0.1, 0.15) is 5.76 Å². The first-order valence-corrected chi connectivity index (χ1v) is 4.97. The number of hydrogen-bond acceptors (Lipinski definition) is 3. The molecule has 0 saturated heterocycles.